The summed E-state index contributed by atoms with van der Waals surface area (Å²) in [5.74, 6) is 4.45. The molecule has 0 saturated carbocycles. The highest BCUT2D eigenvalue weighted by molar-refractivity contribution is 5.91. The molecule has 0 saturated heterocycles. The van der Waals surface area contributed by atoms with Crippen LogP contribution in [0.3, 0.4) is 0 Å². The van der Waals surface area contributed by atoms with Gasteiger partial charge in [0, 0.05) is 18.5 Å². The number of nitrogens with one attached hydrogen (secondary N) is 1. The van der Waals surface area contributed by atoms with Gasteiger partial charge in [0.25, 0.3) is 5.91 Å². The zero-order chi connectivity index (χ0) is 8.53. The molecule has 60 valence electrons. The number of nitrogens with two attached hydrogens (primary N) is 1. The average Bonchev–Trinajstić information content (AvgIpc) is 2.04. The summed E-state index contributed by atoms with van der Waals surface area (Å²) in [6, 6.07) is 0. The Balaban J connectivity index is 3.68. The molecular weight excluding hydrogens is 142 g/mol. The Morgan fingerprint density at radius 3 is 2.91 bits per heavy atom. The Kier molecular flexibility index (Phi) is 5.83. The molecule has 0 unspecified atom stereocenters. The molecule has 0 aliphatic rings. The molecule has 3 N–H and O–H groups in total. The number of rotatable bonds is 3. The zero-order valence-corrected chi connectivity index (χ0v) is 6.32. The second-order valence-electron chi connectivity index (χ2n) is 1.65. The number of amides is 1. The molecule has 11 heavy (non-hydrogen) atoms. The van der Waals surface area contributed by atoms with Crippen molar-refractivity contribution in [2.45, 2.75) is 6.92 Å². The number of nitrogens with zero attached hydrogens (tertiary/aromatic N) is 1. The molecule has 0 spiro atoms. The highest BCUT2D eigenvalue weighted by Gasteiger charge is 1.83. The first-order valence-electron chi connectivity index (χ1n) is 3.13. The van der Waals surface area contributed by atoms with Gasteiger partial charge in [-0.25, -0.2) is 5.84 Å². The van der Waals surface area contributed by atoms with E-state index in [0.717, 1.165) is 0 Å². The second-order valence-corrected chi connectivity index (χ2v) is 1.65. The molecule has 0 aromatic carbocycles. The summed E-state index contributed by atoms with van der Waals surface area (Å²) in [7, 11) is 0. The maximum atomic E-state index is 10.4. The van der Waals surface area contributed by atoms with Crippen molar-refractivity contribution in [1.82, 2.24) is 5.43 Å². The van der Waals surface area contributed by atoms with Crippen molar-refractivity contribution in [3.05, 3.63) is 24.4 Å². The van der Waals surface area contributed by atoms with Gasteiger partial charge >= 0.3 is 0 Å². The fraction of sp³-hybridized carbons (Fsp3) is 0.143. The molecule has 0 fully saturated rings. The van der Waals surface area contributed by atoms with E-state index in [1.165, 1.54) is 18.4 Å². The summed E-state index contributed by atoms with van der Waals surface area (Å²) in [4.78, 5) is 14.2. The topological polar surface area (TPSA) is 67.5 Å². The first-order valence-corrected chi connectivity index (χ1v) is 3.13. The maximum absolute atomic E-state index is 10.4. The Hall–Kier alpha value is -1.42. The molecule has 0 aromatic rings. The standard InChI is InChI=1S/C7H11N3O/c1-2-5-9-6-3-4-7(11)10-8/h2-6H,8H2,1H3,(H,10,11)/b4-3+,5-2-,9-6-. The van der Waals surface area contributed by atoms with Crippen molar-refractivity contribution in [2.24, 2.45) is 10.8 Å². The van der Waals surface area contributed by atoms with Crippen molar-refractivity contribution in [3.63, 3.8) is 0 Å². The third kappa shape index (κ3) is 6.47. The lowest BCUT2D eigenvalue weighted by Gasteiger charge is -1.85. The molecule has 0 aliphatic heterocycles. The van der Waals surface area contributed by atoms with Crippen molar-refractivity contribution >= 4 is 12.1 Å². The minimum absolute atomic E-state index is 0.350. The predicted octanol–water partition coefficient (Wildman–Crippen LogP) is 0.137. The first kappa shape index (κ1) is 9.58. The van der Waals surface area contributed by atoms with E-state index in [2.05, 4.69) is 4.99 Å². The fourth-order valence-electron chi connectivity index (χ4n) is 0.364. The van der Waals surface area contributed by atoms with E-state index < -0.39 is 0 Å². The summed E-state index contributed by atoms with van der Waals surface area (Å²) in [6.07, 6.45) is 7.68. The van der Waals surface area contributed by atoms with Crippen molar-refractivity contribution in [1.29, 1.82) is 0 Å². The van der Waals surface area contributed by atoms with E-state index in [9.17, 15) is 4.79 Å². The van der Waals surface area contributed by atoms with Crippen molar-refractivity contribution in [3.8, 4) is 0 Å². The lowest BCUT2D eigenvalue weighted by molar-refractivity contribution is -0.116. The highest BCUT2D eigenvalue weighted by Crippen LogP contribution is 1.72. The Morgan fingerprint density at radius 1 is 1.64 bits per heavy atom. The van der Waals surface area contributed by atoms with E-state index >= 15 is 0 Å². The number of hydrazine groups is 1. The summed E-state index contributed by atoms with van der Waals surface area (Å²) >= 11 is 0. The van der Waals surface area contributed by atoms with Crippen LogP contribution < -0.4 is 11.3 Å². The number of hydrogen-bond acceptors (Lipinski definition) is 3. The number of aliphatic imine (C=N–C) groups is 1. The average molecular weight is 153 g/mol. The number of hydrogen-bond donors (Lipinski definition) is 2. The van der Waals surface area contributed by atoms with Crippen LogP contribution >= 0.6 is 0 Å². The van der Waals surface area contributed by atoms with Gasteiger partial charge in [-0.05, 0) is 13.0 Å². The molecule has 0 heterocycles. The number of carbonyl (C=O) groups excluding carboxylic acids is 1. The molecule has 0 radical (unpaired) electrons. The van der Waals surface area contributed by atoms with Gasteiger partial charge in [0.2, 0.25) is 0 Å². The Morgan fingerprint density at radius 2 is 2.36 bits per heavy atom. The predicted molar refractivity (Wildman–Crippen MR) is 44.8 cm³/mol. The smallest absolute Gasteiger partial charge is 0.257 e. The van der Waals surface area contributed by atoms with Gasteiger partial charge in [0.15, 0.2) is 0 Å². The summed E-state index contributed by atoms with van der Waals surface area (Å²) in [5.41, 5.74) is 1.95. The zero-order valence-electron chi connectivity index (χ0n) is 6.32. The van der Waals surface area contributed by atoms with Crippen molar-refractivity contribution in [2.75, 3.05) is 0 Å². The van der Waals surface area contributed by atoms with E-state index in [0.29, 0.717) is 0 Å². The molecule has 4 nitrogen and oxygen atoms in total. The van der Waals surface area contributed by atoms with E-state index in [4.69, 9.17) is 5.84 Å². The summed E-state index contributed by atoms with van der Waals surface area (Å²) < 4.78 is 0. The lowest BCUT2D eigenvalue weighted by atomic mass is 10.5. The molecule has 0 aromatic heterocycles. The summed E-state index contributed by atoms with van der Waals surface area (Å²) in [6.45, 7) is 1.85. The lowest BCUT2D eigenvalue weighted by Crippen LogP contribution is -2.27. The van der Waals surface area contributed by atoms with Gasteiger partial charge < -0.3 is 0 Å². The van der Waals surface area contributed by atoms with Gasteiger partial charge in [0.1, 0.15) is 0 Å². The van der Waals surface area contributed by atoms with Crippen LogP contribution in [0.4, 0.5) is 0 Å². The second kappa shape index (κ2) is 6.70. The Bertz CT molecular complexity index is 194. The number of allylic oxidation sites excluding steroid dienone is 2. The normalized spacial score (nSPS) is 11.8. The molecule has 1 amide bonds. The van der Waals surface area contributed by atoms with Crippen LogP contribution in [0.2, 0.25) is 0 Å². The fourth-order valence-corrected chi connectivity index (χ4v) is 0.364. The van der Waals surface area contributed by atoms with E-state index in [-0.39, 0.29) is 5.91 Å². The van der Waals surface area contributed by atoms with Crippen LogP contribution in [-0.4, -0.2) is 12.1 Å². The van der Waals surface area contributed by atoms with Crippen LogP contribution in [0.15, 0.2) is 29.4 Å². The van der Waals surface area contributed by atoms with Crippen LogP contribution in [0.1, 0.15) is 6.92 Å². The van der Waals surface area contributed by atoms with Gasteiger partial charge in [-0.15, -0.1) is 0 Å². The van der Waals surface area contributed by atoms with Gasteiger partial charge in [-0.3, -0.25) is 15.2 Å². The third-order valence-corrected chi connectivity index (χ3v) is 0.797. The Labute approximate surface area is 65.5 Å². The van der Waals surface area contributed by atoms with Crippen LogP contribution in [0.5, 0.6) is 0 Å². The van der Waals surface area contributed by atoms with E-state index in [1.54, 1.807) is 12.3 Å². The largest absolute Gasteiger partial charge is 0.291 e. The van der Waals surface area contributed by atoms with Gasteiger partial charge in [0.05, 0.1) is 0 Å². The van der Waals surface area contributed by atoms with Crippen LogP contribution in [0, 0.1) is 0 Å². The van der Waals surface area contributed by atoms with Crippen LogP contribution in [-0.2, 0) is 4.79 Å². The SMILES string of the molecule is C\C=C/N=C\C=C\C(=O)NN. The summed E-state index contributed by atoms with van der Waals surface area (Å²) in [5, 5.41) is 0. The van der Waals surface area contributed by atoms with Gasteiger partial charge in [-0.1, -0.05) is 6.08 Å². The molecule has 0 bridgehead atoms. The van der Waals surface area contributed by atoms with Crippen molar-refractivity contribution < 1.29 is 4.79 Å². The minimum atomic E-state index is -0.350. The molecule has 0 rings (SSSR count). The minimum Gasteiger partial charge on any atom is -0.291 e. The highest BCUT2D eigenvalue weighted by atomic mass is 16.2. The molecular formula is C7H11N3O. The van der Waals surface area contributed by atoms with E-state index in [1.807, 2.05) is 12.3 Å². The quantitative estimate of drug-likeness (QED) is 0.199. The van der Waals surface area contributed by atoms with Crippen LogP contribution in [0.25, 0.3) is 0 Å². The molecule has 0 atom stereocenters. The molecule has 0 aliphatic carbocycles. The monoisotopic (exact) mass is 153 g/mol. The maximum Gasteiger partial charge on any atom is 0.257 e. The third-order valence-electron chi connectivity index (χ3n) is 0.797. The molecule has 4 heteroatoms. The first-order chi connectivity index (χ1) is 5.31. The van der Waals surface area contributed by atoms with Gasteiger partial charge in [-0.2, -0.15) is 0 Å². The number of carbonyl (C=O) groups is 1.